The Labute approximate surface area is 210 Å². The van der Waals surface area contributed by atoms with Crippen LogP contribution in [0, 0.1) is 19.8 Å². The number of piperidine rings is 1. The molecule has 1 aliphatic rings. The van der Waals surface area contributed by atoms with E-state index in [0.29, 0.717) is 13.1 Å². The van der Waals surface area contributed by atoms with Crippen LogP contribution in [0.3, 0.4) is 0 Å². The van der Waals surface area contributed by atoms with E-state index >= 15 is 0 Å². The van der Waals surface area contributed by atoms with Crippen molar-refractivity contribution in [3.63, 3.8) is 0 Å². The highest BCUT2D eigenvalue weighted by Gasteiger charge is 2.29. The minimum Gasteiger partial charge on any atom is -0.355 e. The third-order valence-corrected chi connectivity index (χ3v) is 6.96. The second-order valence-corrected chi connectivity index (χ2v) is 9.55. The van der Waals surface area contributed by atoms with E-state index in [1.54, 1.807) is 0 Å². The molecule has 1 N–H and O–H groups in total. The molecule has 3 heterocycles. The second kappa shape index (κ2) is 10.0. The fourth-order valence-corrected chi connectivity index (χ4v) is 4.98. The van der Waals surface area contributed by atoms with E-state index in [1.807, 2.05) is 66.2 Å². The van der Waals surface area contributed by atoms with Crippen LogP contribution in [0.15, 0.2) is 54.6 Å². The molecule has 0 radical (unpaired) electrons. The average molecular weight is 489 g/mol. The van der Waals surface area contributed by atoms with Gasteiger partial charge in [0.1, 0.15) is 5.52 Å². The number of carbonyl (C=O) groups excluding carboxylic acids is 1. The Morgan fingerprint density at radius 1 is 1.09 bits per heavy atom. The van der Waals surface area contributed by atoms with Crippen molar-refractivity contribution in [2.24, 2.45) is 5.92 Å². The lowest BCUT2D eigenvalue weighted by atomic mass is 9.97. The number of benzene rings is 2. The molecule has 1 saturated heterocycles. The number of halogens is 1. The molecule has 2 aromatic heterocycles. The normalized spacial score (nSPS) is 16.0. The van der Waals surface area contributed by atoms with Gasteiger partial charge in [0.05, 0.1) is 28.4 Å². The summed E-state index contributed by atoms with van der Waals surface area (Å²) in [6, 6.07) is 17.8. The van der Waals surface area contributed by atoms with Crippen molar-refractivity contribution in [2.75, 3.05) is 24.5 Å². The van der Waals surface area contributed by atoms with Gasteiger partial charge in [-0.2, -0.15) is 10.2 Å². The lowest BCUT2D eigenvalue weighted by Gasteiger charge is -2.32. The number of nitrogens with one attached hydrogen (secondary N) is 1. The second-order valence-electron chi connectivity index (χ2n) is 9.12. The molecule has 1 fully saturated rings. The number of fused-ring (bicyclic) bond motifs is 1. The molecule has 1 amide bonds. The third kappa shape index (κ3) is 4.86. The molecule has 35 heavy (non-hydrogen) atoms. The van der Waals surface area contributed by atoms with Crippen LogP contribution in [0.1, 0.15) is 29.8 Å². The van der Waals surface area contributed by atoms with Gasteiger partial charge in [-0.25, -0.2) is 4.68 Å². The molecule has 0 saturated carbocycles. The minimum atomic E-state index is -0.0931. The number of para-hydroxylation sites is 1. The lowest BCUT2D eigenvalue weighted by Crippen LogP contribution is -2.44. The summed E-state index contributed by atoms with van der Waals surface area (Å²) >= 11 is 5.96. The van der Waals surface area contributed by atoms with E-state index in [2.05, 4.69) is 27.3 Å². The zero-order valence-corrected chi connectivity index (χ0v) is 20.8. The number of carbonyl (C=O) groups is 1. The Morgan fingerprint density at radius 3 is 2.63 bits per heavy atom. The van der Waals surface area contributed by atoms with Crippen LogP contribution in [0.4, 0.5) is 5.82 Å². The zero-order chi connectivity index (χ0) is 24.4. The monoisotopic (exact) mass is 488 g/mol. The van der Waals surface area contributed by atoms with Crippen LogP contribution >= 0.6 is 11.6 Å². The van der Waals surface area contributed by atoms with E-state index in [0.717, 1.165) is 70.2 Å². The largest absolute Gasteiger partial charge is 0.355 e. The highest BCUT2D eigenvalue weighted by Crippen LogP contribution is 2.31. The Hall–Kier alpha value is -3.45. The van der Waals surface area contributed by atoms with Gasteiger partial charge in [-0.1, -0.05) is 41.9 Å². The summed E-state index contributed by atoms with van der Waals surface area (Å²) in [6.45, 7) is 6.08. The Bertz CT molecular complexity index is 1340. The molecule has 8 heteroatoms. The fraction of sp³-hybridized carbons (Fsp3) is 0.333. The number of amides is 1. The Balaban J connectivity index is 1.33. The molecule has 1 unspecified atom stereocenters. The third-order valence-electron chi connectivity index (χ3n) is 6.70. The van der Waals surface area contributed by atoms with Gasteiger partial charge in [-0.05, 0) is 62.9 Å². The van der Waals surface area contributed by atoms with Gasteiger partial charge in [-0.3, -0.25) is 4.79 Å². The first kappa shape index (κ1) is 23.3. The van der Waals surface area contributed by atoms with Crippen LogP contribution < -0.4 is 10.2 Å². The summed E-state index contributed by atoms with van der Waals surface area (Å²) in [4.78, 5) is 15.1. The maximum Gasteiger partial charge on any atom is 0.224 e. The van der Waals surface area contributed by atoms with Gasteiger partial charge in [0.2, 0.25) is 5.91 Å². The number of hydrogen-bond acceptors (Lipinski definition) is 5. The van der Waals surface area contributed by atoms with E-state index in [-0.39, 0.29) is 11.8 Å². The number of aromatic nitrogens is 4. The summed E-state index contributed by atoms with van der Waals surface area (Å²) in [5.41, 5.74) is 4.89. The molecule has 2 aromatic carbocycles. The summed E-state index contributed by atoms with van der Waals surface area (Å²) in [7, 11) is 0. The predicted molar refractivity (Wildman–Crippen MR) is 139 cm³/mol. The number of rotatable bonds is 6. The van der Waals surface area contributed by atoms with Crippen molar-refractivity contribution in [3.8, 4) is 5.69 Å². The maximum atomic E-state index is 13.0. The van der Waals surface area contributed by atoms with E-state index in [9.17, 15) is 4.79 Å². The number of aryl methyl sites for hydroxylation is 2. The molecule has 0 bridgehead atoms. The van der Waals surface area contributed by atoms with Crippen molar-refractivity contribution in [1.82, 2.24) is 25.3 Å². The van der Waals surface area contributed by atoms with Crippen molar-refractivity contribution in [3.05, 3.63) is 76.6 Å². The smallest absolute Gasteiger partial charge is 0.224 e. The van der Waals surface area contributed by atoms with Gasteiger partial charge in [0.25, 0.3) is 0 Å². The van der Waals surface area contributed by atoms with Gasteiger partial charge in [0, 0.05) is 24.7 Å². The molecular weight excluding hydrogens is 460 g/mol. The minimum absolute atomic E-state index is 0.0889. The Kier molecular flexibility index (Phi) is 6.68. The van der Waals surface area contributed by atoms with Gasteiger partial charge >= 0.3 is 0 Å². The van der Waals surface area contributed by atoms with Crippen LogP contribution in [0.5, 0.6) is 0 Å². The summed E-state index contributed by atoms with van der Waals surface area (Å²) in [6.07, 6.45) is 2.56. The highest BCUT2D eigenvalue weighted by atomic mass is 35.5. The zero-order valence-electron chi connectivity index (χ0n) is 20.0. The molecule has 180 valence electrons. The maximum absolute atomic E-state index is 13.0. The summed E-state index contributed by atoms with van der Waals surface area (Å²) < 4.78 is 1.95. The number of anilines is 1. The van der Waals surface area contributed by atoms with Crippen molar-refractivity contribution < 1.29 is 4.79 Å². The van der Waals surface area contributed by atoms with Crippen LogP contribution in [-0.4, -0.2) is 45.5 Å². The summed E-state index contributed by atoms with van der Waals surface area (Å²) in [5.74, 6) is 0.748. The van der Waals surface area contributed by atoms with Crippen molar-refractivity contribution in [2.45, 2.75) is 33.1 Å². The van der Waals surface area contributed by atoms with E-state index < -0.39 is 0 Å². The predicted octanol–water partition coefficient (Wildman–Crippen LogP) is 4.66. The molecule has 5 rings (SSSR count). The molecule has 0 spiro atoms. The molecular formula is C27H29ClN6O. The van der Waals surface area contributed by atoms with E-state index in [4.69, 9.17) is 16.7 Å². The SMILES string of the molecule is Cc1nnc(N2CCCC(C(=O)NCCc3ccc(Cl)cc3)C2)c2nn(-c3ccccc3)c(C)c12. The molecule has 7 nitrogen and oxygen atoms in total. The van der Waals surface area contributed by atoms with Crippen LogP contribution in [-0.2, 0) is 11.2 Å². The number of nitrogens with zero attached hydrogens (tertiary/aromatic N) is 5. The molecule has 0 aliphatic carbocycles. The van der Waals surface area contributed by atoms with Crippen LogP contribution in [0.2, 0.25) is 5.02 Å². The standard InChI is InChI=1S/C27H29ClN6O/c1-18-24-19(2)34(23-8-4-3-5-9-23)32-25(24)26(31-30-18)33-16-6-7-21(17-33)27(35)29-15-14-20-10-12-22(28)13-11-20/h3-5,8-13,21H,6-7,14-17H2,1-2H3,(H,29,35). The first-order valence-electron chi connectivity index (χ1n) is 12.1. The van der Waals surface area contributed by atoms with Gasteiger partial charge in [0.15, 0.2) is 5.82 Å². The lowest BCUT2D eigenvalue weighted by molar-refractivity contribution is -0.125. The van der Waals surface area contributed by atoms with E-state index in [1.165, 1.54) is 0 Å². The molecule has 4 aromatic rings. The van der Waals surface area contributed by atoms with Crippen molar-refractivity contribution in [1.29, 1.82) is 0 Å². The topological polar surface area (TPSA) is 75.9 Å². The Morgan fingerprint density at radius 2 is 1.86 bits per heavy atom. The molecule has 1 aliphatic heterocycles. The highest BCUT2D eigenvalue weighted by molar-refractivity contribution is 6.30. The van der Waals surface area contributed by atoms with Crippen molar-refractivity contribution >= 4 is 34.2 Å². The quantitative estimate of drug-likeness (QED) is 0.427. The number of hydrogen-bond donors (Lipinski definition) is 1. The fourth-order valence-electron chi connectivity index (χ4n) is 4.85. The first-order valence-corrected chi connectivity index (χ1v) is 12.4. The first-order chi connectivity index (χ1) is 17.0. The average Bonchev–Trinajstić information content (AvgIpc) is 3.24. The summed E-state index contributed by atoms with van der Waals surface area (Å²) in [5, 5.41) is 18.8. The molecule has 1 atom stereocenters. The van der Waals surface area contributed by atoms with Gasteiger partial charge < -0.3 is 10.2 Å². The van der Waals surface area contributed by atoms with Gasteiger partial charge in [-0.15, -0.1) is 5.10 Å². The van der Waals surface area contributed by atoms with Crippen LogP contribution in [0.25, 0.3) is 16.6 Å².